The van der Waals surface area contributed by atoms with Crippen LogP contribution in [0, 0.1) is 12.3 Å². The van der Waals surface area contributed by atoms with Crippen LogP contribution in [0.4, 0.5) is 15.3 Å². The molecule has 2 atom stereocenters. The smallest absolute Gasteiger partial charge is 0.420 e. The Labute approximate surface area is 297 Å². The van der Waals surface area contributed by atoms with Gasteiger partial charge in [-0.1, -0.05) is 0 Å². The first-order valence-electron chi connectivity index (χ1n) is 16.7. The van der Waals surface area contributed by atoms with Crippen LogP contribution in [0.5, 0.6) is 0 Å². The van der Waals surface area contributed by atoms with Crippen LogP contribution in [-0.2, 0) is 23.9 Å². The summed E-state index contributed by atoms with van der Waals surface area (Å²) in [5.41, 5.74) is 9.77. The number of guanidine groups is 1. The van der Waals surface area contributed by atoms with E-state index in [0.29, 0.717) is 47.3 Å². The van der Waals surface area contributed by atoms with Crippen molar-refractivity contribution in [2.45, 2.75) is 104 Å². The number of ether oxygens (including phenoxy) is 2. The maximum atomic E-state index is 13.7. The maximum absolute atomic E-state index is 13.7. The summed E-state index contributed by atoms with van der Waals surface area (Å²) < 4.78 is 15.9. The molecule has 0 aliphatic heterocycles. The van der Waals surface area contributed by atoms with Crippen molar-refractivity contribution in [3.8, 4) is 0 Å². The Hall–Kier alpha value is -5.19. The van der Waals surface area contributed by atoms with Gasteiger partial charge in [-0.3, -0.25) is 19.8 Å². The topological polar surface area (TPSA) is 261 Å². The minimum Gasteiger partial charge on any atom is -0.443 e. The summed E-state index contributed by atoms with van der Waals surface area (Å²) in [4.78, 5) is 78.9. The van der Waals surface area contributed by atoms with Crippen LogP contribution < -0.4 is 38.4 Å². The van der Waals surface area contributed by atoms with Crippen LogP contribution in [-0.4, -0.2) is 83.7 Å². The predicted molar refractivity (Wildman–Crippen MR) is 191 cm³/mol. The average Bonchev–Trinajstić information content (AvgIpc) is 2.98. The van der Waals surface area contributed by atoms with E-state index in [-0.39, 0.29) is 30.9 Å². The normalized spacial score (nSPS) is 12.6. The molecule has 2 aromatic rings. The Morgan fingerprint density at radius 1 is 0.882 bits per heavy atom. The van der Waals surface area contributed by atoms with Crippen molar-refractivity contribution in [1.29, 1.82) is 5.41 Å². The van der Waals surface area contributed by atoms with Crippen LogP contribution >= 0.6 is 0 Å². The SMILES string of the molecule is Cc1cc(=O)oc2cc(NC(=O)[C@H](CCCNC(=N)N)NC(=O)[C@H](CCCCN)NC(=O)CN(C(=O)OC(C)(C)C)C(=O)OC(C)(C)C)ccc12. The van der Waals surface area contributed by atoms with Gasteiger partial charge in [0.1, 0.15) is 35.4 Å². The summed E-state index contributed by atoms with van der Waals surface area (Å²) in [6.45, 7) is 11.1. The molecule has 17 heteroatoms. The molecule has 51 heavy (non-hydrogen) atoms. The Kier molecular flexibility index (Phi) is 15.4. The summed E-state index contributed by atoms with van der Waals surface area (Å²) >= 11 is 0. The van der Waals surface area contributed by atoms with E-state index in [9.17, 15) is 28.8 Å². The highest BCUT2D eigenvalue weighted by Gasteiger charge is 2.34. The quantitative estimate of drug-likeness (QED) is 0.0607. The molecule has 0 saturated heterocycles. The highest BCUT2D eigenvalue weighted by atomic mass is 16.6. The van der Waals surface area contributed by atoms with Gasteiger partial charge in [0.25, 0.3) is 0 Å². The number of benzene rings is 1. The molecule has 0 unspecified atom stereocenters. The van der Waals surface area contributed by atoms with E-state index in [1.807, 2.05) is 0 Å². The highest BCUT2D eigenvalue weighted by Crippen LogP contribution is 2.21. The lowest BCUT2D eigenvalue weighted by molar-refractivity contribution is -0.131. The minimum absolute atomic E-state index is 0.105. The van der Waals surface area contributed by atoms with Crippen molar-refractivity contribution >= 4 is 52.5 Å². The largest absolute Gasteiger partial charge is 0.443 e. The van der Waals surface area contributed by atoms with Crippen LogP contribution in [0.15, 0.2) is 33.5 Å². The van der Waals surface area contributed by atoms with Gasteiger partial charge in [-0.15, -0.1) is 0 Å². The average molecular weight is 717 g/mol. The number of carbonyl (C=O) groups excluding carboxylic acids is 5. The first-order valence-corrected chi connectivity index (χ1v) is 16.7. The van der Waals surface area contributed by atoms with Crippen molar-refractivity contribution in [3.63, 3.8) is 0 Å². The van der Waals surface area contributed by atoms with Crippen molar-refractivity contribution in [2.75, 3.05) is 25.0 Å². The van der Waals surface area contributed by atoms with Crippen molar-refractivity contribution in [3.05, 3.63) is 40.2 Å². The van der Waals surface area contributed by atoms with Crippen molar-refractivity contribution < 1.29 is 37.9 Å². The van der Waals surface area contributed by atoms with Gasteiger partial charge in [0.15, 0.2) is 5.96 Å². The highest BCUT2D eigenvalue weighted by molar-refractivity contribution is 6.00. The number of rotatable bonds is 15. The van der Waals surface area contributed by atoms with Crippen LogP contribution in [0.3, 0.4) is 0 Å². The van der Waals surface area contributed by atoms with Crippen molar-refractivity contribution in [1.82, 2.24) is 20.9 Å². The second-order valence-corrected chi connectivity index (χ2v) is 13.9. The second kappa shape index (κ2) is 18.7. The summed E-state index contributed by atoms with van der Waals surface area (Å²) in [5.74, 6) is -2.43. The summed E-state index contributed by atoms with van der Waals surface area (Å²) in [5, 5.41) is 18.7. The molecule has 0 radical (unpaired) electrons. The molecule has 1 aromatic heterocycles. The van der Waals surface area contributed by atoms with Crippen LogP contribution in [0.25, 0.3) is 11.0 Å². The monoisotopic (exact) mass is 716 g/mol. The molecule has 5 amide bonds. The van der Waals surface area contributed by atoms with Gasteiger partial charge in [-0.05, 0) is 105 Å². The van der Waals surface area contributed by atoms with Gasteiger partial charge < -0.3 is 46.6 Å². The molecule has 0 saturated carbocycles. The van der Waals surface area contributed by atoms with E-state index in [0.717, 1.165) is 0 Å². The summed E-state index contributed by atoms with van der Waals surface area (Å²) in [6.07, 6.45) is -0.734. The number of nitrogens with zero attached hydrogens (tertiary/aromatic N) is 1. The zero-order valence-corrected chi connectivity index (χ0v) is 30.4. The maximum Gasteiger partial charge on any atom is 0.420 e. The minimum atomic E-state index is -1.19. The molecule has 1 heterocycles. The zero-order valence-electron chi connectivity index (χ0n) is 30.4. The Bertz CT molecular complexity index is 1600. The number of imide groups is 1. The summed E-state index contributed by atoms with van der Waals surface area (Å²) in [7, 11) is 0. The lowest BCUT2D eigenvalue weighted by atomic mass is 10.1. The van der Waals surface area contributed by atoms with Gasteiger partial charge in [0.05, 0.1) is 0 Å². The van der Waals surface area contributed by atoms with Gasteiger partial charge in [0, 0.05) is 29.8 Å². The molecule has 2 rings (SSSR count). The number of nitrogens with one attached hydrogen (secondary N) is 5. The number of amides is 5. The first-order chi connectivity index (χ1) is 23.7. The van der Waals surface area contributed by atoms with Crippen LogP contribution in [0.1, 0.15) is 79.2 Å². The fourth-order valence-electron chi connectivity index (χ4n) is 4.69. The Balaban J connectivity index is 2.31. The first kappa shape index (κ1) is 42.0. The summed E-state index contributed by atoms with van der Waals surface area (Å²) in [6, 6.07) is 3.85. The molecule has 1 aromatic carbocycles. The van der Waals surface area contributed by atoms with Gasteiger partial charge in [-0.25, -0.2) is 19.3 Å². The van der Waals surface area contributed by atoms with Gasteiger partial charge >= 0.3 is 17.8 Å². The number of unbranched alkanes of at least 4 members (excludes halogenated alkanes) is 1. The lowest BCUT2D eigenvalue weighted by Gasteiger charge is -2.29. The van der Waals surface area contributed by atoms with Gasteiger partial charge in [-0.2, -0.15) is 0 Å². The number of fused-ring (bicyclic) bond motifs is 1. The predicted octanol–water partition coefficient (Wildman–Crippen LogP) is 2.57. The number of nitrogens with two attached hydrogens (primary N) is 2. The molecule has 17 nitrogen and oxygen atoms in total. The van der Waals surface area contributed by atoms with E-state index < -0.39 is 65.4 Å². The molecule has 0 aliphatic carbocycles. The number of hydrogen-bond donors (Lipinski definition) is 7. The van der Waals surface area contributed by atoms with Crippen LogP contribution in [0.2, 0.25) is 0 Å². The molecule has 0 bridgehead atoms. The molecular weight excluding hydrogens is 664 g/mol. The van der Waals surface area contributed by atoms with E-state index in [4.69, 9.17) is 30.8 Å². The van der Waals surface area contributed by atoms with E-state index >= 15 is 0 Å². The third-order valence-electron chi connectivity index (χ3n) is 6.97. The lowest BCUT2D eigenvalue weighted by Crippen LogP contribution is -2.55. The standard InChI is InChI=1S/C34H52N8O9/c1-20-17-27(44)49-25-18-21(13-14-22(20)25)39-28(45)24(12-10-16-38-30(36)37)41-29(46)23(11-8-9-15-35)40-26(43)19-42(31(47)50-33(2,3)4)32(48)51-34(5,6)7/h13-14,17-18,23-24H,8-12,15-16,19,35H2,1-7H3,(H,39,45)(H,40,43)(H,41,46)(H4,36,37,38)/t23-,24-/m0/s1. The number of hydrogen-bond acceptors (Lipinski definition) is 11. The van der Waals surface area contributed by atoms with E-state index in [1.165, 1.54) is 12.1 Å². The molecule has 9 N–H and O–H groups in total. The fraction of sp³-hybridized carbons (Fsp3) is 0.559. The molecule has 0 spiro atoms. The molecular formula is C34H52N8O9. The molecule has 282 valence electrons. The Morgan fingerprint density at radius 3 is 2.04 bits per heavy atom. The number of anilines is 1. The third kappa shape index (κ3) is 15.1. The third-order valence-corrected chi connectivity index (χ3v) is 6.97. The number of aryl methyl sites for hydroxylation is 1. The van der Waals surface area contributed by atoms with E-state index in [2.05, 4.69) is 21.3 Å². The Morgan fingerprint density at radius 2 is 1.47 bits per heavy atom. The number of carbonyl (C=O) groups is 5. The second-order valence-electron chi connectivity index (χ2n) is 13.9. The molecule has 0 aliphatic rings. The molecule has 0 fully saturated rings. The van der Waals surface area contributed by atoms with Gasteiger partial charge in [0.2, 0.25) is 17.7 Å². The van der Waals surface area contributed by atoms with Crippen molar-refractivity contribution in [2.24, 2.45) is 11.5 Å². The zero-order chi connectivity index (χ0) is 38.5. The fourth-order valence-corrected chi connectivity index (χ4v) is 4.69. The van der Waals surface area contributed by atoms with E-state index in [1.54, 1.807) is 60.6 Å².